The third-order valence-electron chi connectivity index (χ3n) is 2.22. The topological polar surface area (TPSA) is 35.5 Å². The summed E-state index contributed by atoms with van der Waals surface area (Å²) in [4.78, 5) is 11.8. The molecule has 7 heteroatoms. The van der Waals surface area contributed by atoms with E-state index in [2.05, 4.69) is 20.7 Å². The van der Waals surface area contributed by atoms with Gasteiger partial charge in [-0.05, 0) is 34.1 Å². The molecular formula is C12H12BrF3O3. The normalized spacial score (nSPS) is 11.4. The first-order valence-electron chi connectivity index (χ1n) is 5.34. The van der Waals surface area contributed by atoms with Gasteiger partial charge in [-0.15, -0.1) is 0 Å². The standard InChI is InChI=1S/C12H12BrF3O3/c1-18-8-2-3-9(10(13)6-8)11(17)4-5-19-7-12(14,15)16/h2-3,6H,4-5,7H2,1H3. The maximum absolute atomic E-state index is 11.8. The molecule has 1 rings (SSSR count). The van der Waals surface area contributed by atoms with E-state index in [9.17, 15) is 18.0 Å². The van der Waals surface area contributed by atoms with Crippen molar-refractivity contribution in [3.8, 4) is 5.75 Å². The van der Waals surface area contributed by atoms with Crippen LogP contribution in [0.1, 0.15) is 16.8 Å². The molecule has 0 amide bonds. The van der Waals surface area contributed by atoms with Crippen LogP contribution in [0.25, 0.3) is 0 Å². The van der Waals surface area contributed by atoms with Crippen molar-refractivity contribution in [3.05, 3.63) is 28.2 Å². The fourth-order valence-corrected chi connectivity index (χ4v) is 1.92. The maximum Gasteiger partial charge on any atom is 0.411 e. The van der Waals surface area contributed by atoms with Gasteiger partial charge in [0.1, 0.15) is 12.4 Å². The molecule has 106 valence electrons. The van der Waals surface area contributed by atoms with Crippen LogP contribution in [0.5, 0.6) is 5.75 Å². The summed E-state index contributed by atoms with van der Waals surface area (Å²) >= 11 is 3.21. The smallest absolute Gasteiger partial charge is 0.411 e. The van der Waals surface area contributed by atoms with Gasteiger partial charge in [0.15, 0.2) is 5.78 Å². The van der Waals surface area contributed by atoms with Gasteiger partial charge in [-0.1, -0.05) is 0 Å². The molecule has 0 atom stereocenters. The molecule has 0 bridgehead atoms. The number of halogens is 4. The summed E-state index contributed by atoms with van der Waals surface area (Å²) in [5, 5.41) is 0. The van der Waals surface area contributed by atoms with Crippen LogP contribution in [0.4, 0.5) is 13.2 Å². The molecule has 19 heavy (non-hydrogen) atoms. The van der Waals surface area contributed by atoms with Crippen LogP contribution in [0.3, 0.4) is 0 Å². The molecule has 0 aliphatic rings. The Morgan fingerprint density at radius 2 is 2.05 bits per heavy atom. The van der Waals surface area contributed by atoms with Crippen LogP contribution in [0.2, 0.25) is 0 Å². The number of ether oxygens (including phenoxy) is 2. The summed E-state index contributed by atoms with van der Waals surface area (Å²) in [5.74, 6) is 0.286. The van der Waals surface area contributed by atoms with Crippen molar-refractivity contribution < 1.29 is 27.4 Å². The number of carbonyl (C=O) groups excluding carboxylic acids is 1. The van der Waals surface area contributed by atoms with Crippen LogP contribution in [-0.4, -0.2) is 32.3 Å². The number of hydrogen-bond donors (Lipinski definition) is 0. The second-order valence-electron chi connectivity index (χ2n) is 3.69. The fourth-order valence-electron chi connectivity index (χ4n) is 1.34. The molecule has 0 N–H and O–H groups in total. The van der Waals surface area contributed by atoms with E-state index >= 15 is 0 Å². The third-order valence-corrected chi connectivity index (χ3v) is 2.87. The average Bonchev–Trinajstić information content (AvgIpc) is 2.33. The van der Waals surface area contributed by atoms with Crippen molar-refractivity contribution in [2.45, 2.75) is 12.6 Å². The van der Waals surface area contributed by atoms with Gasteiger partial charge >= 0.3 is 6.18 Å². The second kappa shape index (κ2) is 6.91. The minimum Gasteiger partial charge on any atom is -0.497 e. The number of rotatable bonds is 6. The Bertz CT molecular complexity index is 446. The molecule has 0 unspecified atom stereocenters. The fraction of sp³-hybridized carbons (Fsp3) is 0.417. The Hall–Kier alpha value is -1.08. The number of methoxy groups -OCH3 is 1. The largest absolute Gasteiger partial charge is 0.497 e. The predicted molar refractivity (Wildman–Crippen MR) is 66.5 cm³/mol. The quantitative estimate of drug-likeness (QED) is 0.586. The maximum atomic E-state index is 11.8. The van der Waals surface area contributed by atoms with Crippen LogP contribution < -0.4 is 4.74 Å². The van der Waals surface area contributed by atoms with Gasteiger partial charge in [-0.25, -0.2) is 0 Å². The molecule has 0 aromatic heterocycles. The van der Waals surface area contributed by atoms with Crippen LogP contribution in [-0.2, 0) is 4.74 Å². The van der Waals surface area contributed by atoms with E-state index in [1.807, 2.05) is 0 Å². The lowest BCUT2D eigenvalue weighted by molar-refractivity contribution is -0.173. The highest BCUT2D eigenvalue weighted by Gasteiger charge is 2.27. The lowest BCUT2D eigenvalue weighted by Crippen LogP contribution is -2.18. The van der Waals surface area contributed by atoms with E-state index in [-0.39, 0.29) is 18.8 Å². The molecule has 3 nitrogen and oxygen atoms in total. The van der Waals surface area contributed by atoms with Gasteiger partial charge in [-0.2, -0.15) is 13.2 Å². The second-order valence-corrected chi connectivity index (χ2v) is 4.54. The van der Waals surface area contributed by atoms with E-state index in [0.717, 1.165) is 0 Å². The number of ketones is 1. The minimum absolute atomic E-state index is 0.110. The molecule has 0 heterocycles. The highest BCUT2D eigenvalue weighted by atomic mass is 79.9. The van der Waals surface area contributed by atoms with E-state index in [1.165, 1.54) is 7.11 Å². The summed E-state index contributed by atoms with van der Waals surface area (Å²) in [6.45, 7) is -1.61. The molecule has 1 aromatic rings. The highest BCUT2D eigenvalue weighted by Crippen LogP contribution is 2.24. The SMILES string of the molecule is COc1ccc(C(=O)CCOCC(F)(F)F)c(Br)c1. The van der Waals surface area contributed by atoms with Gasteiger partial charge in [0.2, 0.25) is 0 Å². The molecular weight excluding hydrogens is 329 g/mol. The van der Waals surface area contributed by atoms with Gasteiger partial charge in [0.05, 0.1) is 13.7 Å². The Morgan fingerprint density at radius 3 is 2.58 bits per heavy atom. The van der Waals surface area contributed by atoms with Crippen LogP contribution >= 0.6 is 15.9 Å². The van der Waals surface area contributed by atoms with Crippen molar-refractivity contribution in [1.29, 1.82) is 0 Å². The number of hydrogen-bond acceptors (Lipinski definition) is 3. The molecule has 1 aromatic carbocycles. The summed E-state index contributed by atoms with van der Waals surface area (Å²) in [5.41, 5.74) is 0.386. The zero-order valence-corrected chi connectivity index (χ0v) is 11.7. The summed E-state index contributed by atoms with van der Waals surface area (Å²) in [7, 11) is 1.49. The molecule has 0 fully saturated rings. The lowest BCUT2D eigenvalue weighted by Gasteiger charge is -2.08. The molecule has 0 aliphatic carbocycles. The Labute approximate surface area is 116 Å². The monoisotopic (exact) mass is 340 g/mol. The van der Waals surface area contributed by atoms with Gasteiger partial charge in [0.25, 0.3) is 0 Å². The Balaban J connectivity index is 2.50. The van der Waals surface area contributed by atoms with E-state index in [4.69, 9.17) is 4.74 Å². The van der Waals surface area contributed by atoms with Crippen molar-refractivity contribution in [2.24, 2.45) is 0 Å². The summed E-state index contributed by atoms with van der Waals surface area (Å²) in [6, 6.07) is 4.77. The van der Waals surface area contributed by atoms with E-state index in [0.29, 0.717) is 15.8 Å². The highest BCUT2D eigenvalue weighted by molar-refractivity contribution is 9.10. The first kappa shape index (κ1) is 16.0. The molecule has 0 radical (unpaired) electrons. The average molecular weight is 341 g/mol. The van der Waals surface area contributed by atoms with Crippen LogP contribution in [0, 0.1) is 0 Å². The lowest BCUT2D eigenvalue weighted by atomic mass is 10.1. The summed E-state index contributed by atoms with van der Waals surface area (Å²) in [6.07, 6.45) is -4.48. The van der Waals surface area contributed by atoms with E-state index in [1.54, 1.807) is 18.2 Å². The predicted octanol–water partition coefficient (Wildman–Crippen LogP) is 3.61. The minimum atomic E-state index is -4.37. The number of alkyl halides is 3. The van der Waals surface area contributed by atoms with Gasteiger partial charge < -0.3 is 9.47 Å². The molecule has 0 spiro atoms. The number of carbonyl (C=O) groups is 1. The van der Waals surface area contributed by atoms with Gasteiger partial charge in [0, 0.05) is 16.5 Å². The van der Waals surface area contributed by atoms with E-state index < -0.39 is 12.8 Å². The van der Waals surface area contributed by atoms with Crippen molar-refractivity contribution >= 4 is 21.7 Å². The summed E-state index contributed by atoms with van der Waals surface area (Å²) < 4.78 is 45.4. The molecule has 0 saturated heterocycles. The molecule has 0 saturated carbocycles. The zero-order valence-electron chi connectivity index (χ0n) is 10.1. The van der Waals surface area contributed by atoms with Crippen molar-refractivity contribution in [1.82, 2.24) is 0 Å². The zero-order chi connectivity index (χ0) is 14.5. The number of benzene rings is 1. The Kier molecular flexibility index (Phi) is 5.81. The molecule has 0 aliphatic heterocycles. The third kappa shape index (κ3) is 5.61. The van der Waals surface area contributed by atoms with Crippen molar-refractivity contribution in [3.63, 3.8) is 0 Å². The van der Waals surface area contributed by atoms with Crippen molar-refractivity contribution in [2.75, 3.05) is 20.3 Å². The Morgan fingerprint density at radius 1 is 1.37 bits per heavy atom. The first-order valence-corrected chi connectivity index (χ1v) is 6.14. The van der Waals surface area contributed by atoms with Gasteiger partial charge in [-0.3, -0.25) is 4.79 Å². The number of Topliss-reactive ketones (excluding diaryl/α,β-unsaturated/α-hetero) is 1. The first-order chi connectivity index (χ1) is 8.83. The van der Waals surface area contributed by atoms with Crippen LogP contribution in [0.15, 0.2) is 22.7 Å².